The van der Waals surface area contributed by atoms with Crippen molar-refractivity contribution in [3.8, 4) is 11.3 Å². The molecule has 4 aromatic rings. The van der Waals surface area contributed by atoms with Crippen LogP contribution >= 0.6 is 22.6 Å². The van der Waals surface area contributed by atoms with Gasteiger partial charge in [0.1, 0.15) is 5.65 Å². The molecule has 0 aliphatic rings. The maximum Gasteiger partial charge on any atom is 0.137 e. The zero-order chi connectivity index (χ0) is 17.1. The number of halogens is 1. The third-order valence-electron chi connectivity index (χ3n) is 3.71. The third-order valence-corrected chi connectivity index (χ3v) is 4.35. The van der Waals surface area contributed by atoms with Gasteiger partial charge in [-0.15, -0.1) is 0 Å². The highest BCUT2D eigenvalue weighted by atomic mass is 127. The van der Waals surface area contributed by atoms with E-state index in [0.717, 1.165) is 28.2 Å². The molecule has 0 fully saturated rings. The summed E-state index contributed by atoms with van der Waals surface area (Å²) in [6, 6.07) is 15.9. The Bertz CT molecular complexity index is 1020. The fourth-order valence-corrected chi connectivity index (χ4v) is 2.93. The van der Waals surface area contributed by atoms with E-state index >= 15 is 0 Å². The van der Waals surface area contributed by atoms with E-state index in [-0.39, 0.29) is 0 Å². The lowest BCUT2D eigenvalue weighted by atomic mass is 10.1. The van der Waals surface area contributed by atoms with Gasteiger partial charge in [0.2, 0.25) is 0 Å². The first-order valence-electron chi connectivity index (χ1n) is 7.72. The first-order chi connectivity index (χ1) is 12.3. The van der Waals surface area contributed by atoms with Gasteiger partial charge in [-0.3, -0.25) is 10.4 Å². The molecule has 0 amide bonds. The molecule has 0 saturated heterocycles. The van der Waals surface area contributed by atoms with Crippen LogP contribution in [0, 0.1) is 3.57 Å². The quantitative estimate of drug-likeness (QED) is 0.291. The van der Waals surface area contributed by atoms with Crippen LogP contribution in [0.1, 0.15) is 5.56 Å². The molecule has 0 aliphatic carbocycles. The zero-order valence-electron chi connectivity index (χ0n) is 13.2. The molecule has 5 nitrogen and oxygen atoms in total. The number of benzene rings is 1. The topological polar surface area (TPSA) is 54.6 Å². The summed E-state index contributed by atoms with van der Waals surface area (Å²) in [6.45, 7) is 0. The second-order valence-electron chi connectivity index (χ2n) is 5.47. The number of rotatable bonds is 4. The average Bonchev–Trinajstić information content (AvgIpc) is 3.06. The lowest BCUT2D eigenvalue weighted by Gasteiger charge is -2.01. The summed E-state index contributed by atoms with van der Waals surface area (Å²) in [7, 11) is 0. The van der Waals surface area contributed by atoms with E-state index in [9.17, 15) is 0 Å². The number of nitrogens with one attached hydrogen (secondary N) is 1. The van der Waals surface area contributed by atoms with Crippen LogP contribution in [-0.2, 0) is 0 Å². The number of imidazole rings is 1. The second-order valence-corrected chi connectivity index (χ2v) is 6.71. The lowest BCUT2D eigenvalue weighted by Crippen LogP contribution is -1.90. The number of fused-ring (bicyclic) bond motifs is 1. The van der Waals surface area contributed by atoms with Crippen LogP contribution in [0.25, 0.3) is 16.9 Å². The molecule has 0 aliphatic heterocycles. The minimum Gasteiger partial charge on any atom is -0.305 e. The van der Waals surface area contributed by atoms with Crippen molar-refractivity contribution in [2.45, 2.75) is 0 Å². The van der Waals surface area contributed by atoms with Crippen LogP contribution in [0.2, 0.25) is 0 Å². The van der Waals surface area contributed by atoms with E-state index < -0.39 is 0 Å². The maximum absolute atomic E-state index is 4.66. The van der Waals surface area contributed by atoms with Gasteiger partial charge >= 0.3 is 0 Å². The van der Waals surface area contributed by atoms with Crippen LogP contribution in [0.15, 0.2) is 78.4 Å². The van der Waals surface area contributed by atoms with E-state index in [4.69, 9.17) is 0 Å². The number of pyridine rings is 2. The fraction of sp³-hybridized carbons (Fsp3) is 0. The SMILES string of the molecule is Ic1ccc2nc(-c3ccc(N/N=C/c4ccncc4)cc3)cn2c1. The minimum absolute atomic E-state index is 0.923. The molecular formula is C19H14IN5. The van der Waals surface area contributed by atoms with Gasteiger partial charge in [-0.1, -0.05) is 12.1 Å². The van der Waals surface area contributed by atoms with Crippen molar-refractivity contribution >= 4 is 40.1 Å². The van der Waals surface area contributed by atoms with Crippen molar-refractivity contribution in [3.63, 3.8) is 0 Å². The molecule has 25 heavy (non-hydrogen) atoms. The molecule has 0 bridgehead atoms. The number of aromatic nitrogens is 3. The molecular weight excluding hydrogens is 425 g/mol. The number of anilines is 1. The third kappa shape index (κ3) is 3.69. The largest absolute Gasteiger partial charge is 0.305 e. The monoisotopic (exact) mass is 439 g/mol. The zero-order valence-corrected chi connectivity index (χ0v) is 15.3. The first kappa shape index (κ1) is 15.8. The van der Waals surface area contributed by atoms with E-state index in [1.807, 2.05) is 53.1 Å². The molecule has 0 atom stereocenters. The molecule has 6 heteroatoms. The summed E-state index contributed by atoms with van der Waals surface area (Å²) >= 11 is 2.30. The Kier molecular flexibility index (Phi) is 4.43. The van der Waals surface area contributed by atoms with Crippen LogP contribution < -0.4 is 5.43 Å². The summed E-state index contributed by atoms with van der Waals surface area (Å²) in [4.78, 5) is 8.64. The van der Waals surface area contributed by atoms with E-state index in [1.165, 1.54) is 3.57 Å². The van der Waals surface area contributed by atoms with Gasteiger partial charge in [0, 0.05) is 33.9 Å². The number of nitrogens with zero attached hydrogens (tertiary/aromatic N) is 4. The van der Waals surface area contributed by atoms with E-state index in [2.05, 4.69) is 55.3 Å². The number of hydrogen-bond acceptors (Lipinski definition) is 4. The Balaban J connectivity index is 1.50. The molecule has 1 aromatic carbocycles. The molecule has 0 radical (unpaired) electrons. The molecule has 4 rings (SSSR count). The second kappa shape index (κ2) is 7.02. The van der Waals surface area contributed by atoms with Crippen molar-refractivity contribution in [2.24, 2.45) is 5.10 Å². The van der Waals surface area contributed by atoms with Crippen LogP contribution in [0.4, 0.5) is 5.69 Å². The Morgan fingerprint density at radius 2 is 1.76 bits per heavy atom. The van der Waals surface area contributed by atoms with Gasteiger partial charge in [0.15, 0.2) is 0 Å². The minimum atomic E-state index is 0.923. The molecule has 0 saturated carbocycles. The fourth-order valence-electron chi connectivity index (χ4n) is 2.45. The summed E-state index contributed by atoms with van der Waals surface area (Å²) < 4.78 is 3.23. The standard InChI is InChI=1S/C19H14IN5/c20-16-3-6-19-23-18(13-25(19)12-16)15-1-4-17(5-2-15)24-22-11-14-7-9-21-10-8-14/h1-13,24H/b22-11+. The van der Waals surface area contributed by atoms with E-state index in [1.54, 1.807) is 18.6 Å². The Hall–Kier alpha value is -2.74. The highest BCUT2D eigenvalue weighted by Gasteiger charge is 2.04. The Morgan fingerprint density at radius 1 is 0.960 bits per heavy atom. The van der Waals surface area contributed by atoms with Crippen molar-refractivity contribution in [2.75, 3.05) is 5.43 Å². The summed E-state index contributed by atoms with van der Waals surface area (Å²) in [6.07, 6.45) is 9.36. The maximum atomic E-state index is 4.66. The Morgan fingerprint density at radius 3 is 2.56 bits per heavy atom. The lowest BCUT2D eigenvalue weighted by molar-refractivity contribution is 1.17. The summed E-state index contributed by atoms with van der Waals surface area (Å²) in [5, 5.41) is 4.24. The number of hydrogen-bond donors (Lipinski definition) is 1. The Labute approximate surface area is 158 Å². The van der Waals surface area contributed by atoms with Gasteiger partial charge in [0.25, 0.3) is 0 Å². The molecule has 1 N–H and O–H groups in total. The van der Waals surface area contributed by atoms with E-state index in [0.29, 0.717) is 0 Å². The van der Waals surface area contributed by atoms with Gasteiger partial charge in [-0.2, -0.15) is 5.10 Å². The van der Waals surface area contributed by atoms with Crippen molar-refractivity contribution in [1.82, 2.24) is 14.4 Å². The average molecular weight is 439 g/mol. The van der Waals surface area contributed by atoms with Gasteiger partial charge in [0.05, 0.1) is 17.6 Å². The predicted molar refractivity (Wildman–Crippen MR) is 109 cm³/mol. The normalized spacial score (nSPS) is 11.2. The highest BCUT2D eigenvalue weighted by molar-refractivity contribution is 14.1. The van der Waals surface area contributed by atoms with Crippen molar-refractivity contribution in [1.29, 1.82) is 0 Å². The molecule has 0 spiro atoms. The smallest absolute Gasteiger partial charge is 0.137 e. The van der Waals surface area contributed by atoms with Crippen LogP contribution in [-0.4, -0.2) is 20.6 Å². The van der Waals surface area contributed by atoms with Gasteiger partial charge in [-0.05, 0) is 64.6 Å². The molecule has 3 heterocycles. The molecule has 0 unspecified atom stereocenters. The summed E-state index contributed by atoms with van der Waals surface area (Å²) in [5.74, 6) is 0. The van der Waals surface area contributed by atoms with Crippen molar-refractivity contribution in [3.05, 3.63) is 82.5 Å². The van der Waals surface area contributed by atoms with Crippen LogP contribution in [0.5, 0.6) is 0 Å². The highest BCUT2D eigenvalue weighted by Crippen LogP contribution is 2.22. The van der Waals surface area contributed by atoms with Gasteiger partial charge < -0.3 is 4.40 Å². The molecule has 122 valence electrons. The van der Waals surface area contributed by atoms with Gasteiger partial charge in [-0.25, -0.2) is 4.98 Å². The van der Waals surface area contributed by atoms with Crippen LogP contribution in [0.3, 0.4) is 0 Å². The molecule has 3 aromatic heterocycles. The number of hydrazone groups is 1. The van der Waals surface area contributed by atoms with Crippen molar-refractivity contribution < 1.29 is 0 Å². The predicted octanol–water partition coefficient (Wildman–Crippen LogP) is 4.45. The first-order valence-corrected chi connectivity index (χ1v) is 8.80. The summed E-state index contributed by atoms with van der Waals surface area (Å²) in [5.41, 5.74) is 7.92.